The van der Waals surface area contributed by atoms with E-state index >= 15 is 0 Å². The fourth-order valence-corrected chi connectivity index (χ4v) is 7.45. The third kappa shape index (κ3) is 5.76. The van der Waals surface area contributed by atoms with Gasteiger partial charge in [0, 0.05) is 44.2 Å². The van der Waals surface area contributed by atoms with Gasteiger partial charge in [-0.3, -0.25) is 9.69 Å². The van der Waals surface area contributed by atoms with Crippen LogP contribution in [0.1, 0.15) is 36.5 Å². The SMILES string of the molecule is CC1CN(C2CCN(C(=O)c3ccccc3Cl)CC2)CCC1Oc1ccc(S(=O)(=O)c2ccc3c(c2)OCO3)cc1. The zero-order chi connectivity index (χ0) is 28.6. The Bertz CT molecular complexity index is 1520. The minimum Gasteiger partial charge on any atom is -0.490 e. The number of carbonyl (C=O) groups excluding carboxylic acids is 1. The molecule has 2 atom stereocenters. The minimum absolute atomic E-state index is 0.00392. The third-order valence-corrected chi connectivity index (χ3v) is 10.4. The number of ether oxygens (including phenoxy) is 3. The summed E-state index contributed by atoms with van der Waals surface area (Å²) >= 11 is 6.24. The average Bonchev–Trinajstić information content (AvgIpc) is 3.47. The van der Waals surface area contributed by atoms with Crippen LogP contribution in [0.5, 0.6) is 17.2 Å². The summed E-state index contributed by atoms with van der Waals surface area (Å²) in [5.41, 5.74) is 0.567. The van der Waals surface area contributed by atoms with E-state index in [1.165, 1.54) is 12.1 Å². The molecule has 2 fully saturated rings. The van der Waals surface area contributed by atoms with Gasteiger partial charge in [0.05, 0.1) is 20.4 Å². The van der Waals surface area contributed by atoms with Crippen molar-refractivity contribution in [1.29, 1.82) is 0 Å². The van der Waals surface area contributed by atoms with Crippen LogP contribution in [0.3, 0.4) is 0 Å². The van der Waals surface area contributed by atoms with Crippen molar-refractivity contribution >= 4 is 27.3 Å². The number of likely N-dealkylation sites (tertiary alicyclic amines) is 2. The second kappa shape index (κ2) is 11.5. The molecule has 41 heavy (non-hydrogen) atoms. The van der Waals surface area contributed by atoms with E-state index in [1.54, 1.807) is 42.5 Å². The molecule has 3 aliphatic rings. The van der Waals surface area contributed by atoms with E-state index in [0.29, 0.717) is 39.8 Å². The summed E-state index contributed by atoms with van der Waals surface area (Å²) in [5, 5.41) is 0.497. The number of rotatable bonds is 6. The lowest BCUT2D eigenvalue weighted by molar-refractivity contribution is 0.0147. The van der Waals surface area contributed by atoms with Crippen LogP contribution in [0.15, 0.2) is 76.5 Å². The van der Waals surface area contributed by atoms with Gasteiger partial charge in [0.1, 0.15) is 11.9 Å². The lowest BCUT2D eigenvalue weighted by Crippen LogP contribution is -2.52. The third-order valence-electron chi connectivity index (χ3n) is 8.31. The molecule has 0 radical (unpaired) electrons. The van der Waals surface area contributed by atoms with Crippen LogP contribution in [0.4, 0.5) is 0 Å². The molecule has 0 aliphatic carbocycles. The highest BCUT2D eigenvalue weighted by molar-refractivity contribution is 7.91. The van der Waals surface area contributed by atoms with E-state index in [9.17, 15) is 13.2 Å². The van der Waals surface area contributed by atoms with Crippen LogP contribution in [0.25, 0.3) is 0 Å². The number of hydrogen-bond acceptors (Lipinski definition) is 7. The van der Waals surface area contributed by atoms with Gasteiger partial charge < -0.3 is 19.1 Å². The van der Waals surface area contributed by atoms with Gasteiger partial charge in [0.25, 0.3) is 5.91 Å². The van der Waals surface area contributed by atoms with Gasteiger partial charge in [-0.15, -0.1) is 0 Å². The number of amides is 1. The minimum atomic E-state index is -3.70. The molecule has 0 bridgehead atoms. The van der Waals surface area contributed by atoms with Crippen molar-refractivity contribution in [2.24, 2.45) is 5.92 Å². The first-order valence-corrected chi connectivity index (χ1v) is 15.8. The van der Waals surface area contributed by atoms with Crippen molar-refractivity contribution in [2.75, 3.05) is 33.0 Å². The Morgan fingerprint density at radius 1 is 0.902 bits per heavy atom. The Balaban J connectivity index is 1.02. The van der Waals surface area contributed by atoms with Crippen molar-refractivity contribution in [3.8, 4) is 17.2 Å². The number of hydrogen-bond donors (Lipinski definition) is 0. The Morgan fingerprint density at radius 2 is 1.61 bits per heavy atom. The largest absolute Gasteiger partial charge is 0.490 e. The van der Waals surface area contributed by atoms with E-state index in [0.717, 1.165) is 45.4 Å². The van der Waals surface area contributed by atoms with Crippen molar-refractivity contribution in [2.45, 2.75) is 48.1 Å². The van der Waals surface area contributed by atoms with Crippen molar-refractivity contribution in [3.05, 3.63) is 77.3 Å². The molecule has 6 rings (SSSR count). The summed E-state index contributed by atoms with van der Waals surface area (Å²) in [6.45, 7) is 5.58. The predicted octanol–water partition coefficient (Wildman–Crippen LogP) is 5.30. The van der Waals surface area contributed by atoms with Gasteiger partial charge in [-0.2, -0.15) is 0 Å². The maximum Gasteiger partial charge on any atom is 0.255 e. The van der Waals surface area contributed by atoms with Gasteiger partial charge >= 0.3 is 0 Å². The zero-order valence-corrected chi connectivity index (χ0v) is 24.4. The molecule has 0 saturated carbocycles. The van der Waals surface area contributed by atoms with E-state index in [-0.39, 0.29) is 28.6 Å². The summed E-state index contributed by atoms with van der Waals surface area (Å²) < 4.78 is 43.2. The fourth-order valence-electron chi connectivity index (χ4n) is 5.95. The molecular formula is C31H33ClN2O6S. The van der Waals surface area contributed by atoms with Gasteiger partial charge in [-0.25, -0.2) is 8.42 Å². The summed E-state index contributed by atoms with van der Waals surface area (Å²) in [7, 11) is -3.70. The van der Waals surface area contributed by atoms with Crippen LogP contribution in [0.2, 0.25) is 5.02 Å². The highest BCUT2D eigenvalue weighted by Crippen LogP contribution is 2.36. The standard InChI is InChI=1S/C31H33ClN2O6S/c1-21-19-34(22-12-15-33(16-13-22)31(35)26-4-2-3-5-27(26)32)17-14-28(21)40-23-6-8-24(9-7-23)41(36,37)25-10-11-29-30(18-25)39-20-38-29/h2-11,18,21-22,28H,12-17,19-20H2,1H3. The molecule has 0 aromatic heterocycles. The molecule has 1 amide bonds. The van der Waals surface area contributed by atoms with Crippen LogP contribution in [0, 0.1) is 5.92 Å². The molecule has 3 heterocycles. The van der Waals surface area contributed by atoms with Gasteiger partial charge in [0.15, 0.2) is 11.5 Å². The second-order valence-electron chi connectivity index (χ2n) is 10.9. The van der Waals surface area contributed by atoms with Gasteiger partial charge in [-0.05, 0) is 67.8 Å². The normalized spacial score (nSPS) is 21.6. The smallest absolute Gasteiger partial charge is 0.255 e. The summed E-state index contributed by atoms with van der Waals surface area (Å²) in [5.74, 6) is 1.95. The lowest BCUT2D eigenvalue weighted by Gasteiger charge is -2.44. The van der Waals surface area contributed by atoms with E-state index in [1.807, 2.05) is 17.0 Å². The molecule has 216 valence electrons. The number of sulfone groups is 1. The Labute approximate surface area is 245 Å². The summed E-state index contributed by atoms with van der Waals surface area (Å²) in [6.07, 6.45) is 2.81. The number of carbonyl (C=O) groups is 1. The van der Waals surface area contributed by atoms with Gasteiger partial charge in [0.2, 0.25) is 16.6 Å². The Morgan fingerprint density at radius 3 is 2.34 bits per heavy atom. The predicted molar refractivity (Wildman–Crippen MR) is 155 cm³/mol. The molecule has 3 aromatic carbocycles. The number of fused-ring (bicyclic) bond motifs is 1. The highest BCUT2D eigenvalue weighted by atomic mass is 35.5. The average molecular weight is 597 g/mol. The first-order chi connectivity index (χ1) is 19.8. The van der Waals surface area contributed by atoms with E-state index in [2.05, 4.69) is 11.8 Å². The molecule has 2 saturated heterocycles. The molecule has 8 nitrogen and oxygen atoms in total. The molecule has 3 aliphatic heterocycles. The number of halogens is 1. The molecular weight excluding hydrogens is 564 g/mol. The zero-order valence-electron chi connectivity index (χ0n) is 22.9. The van der Waals surface area contributed by atoms with Crippen molar-refractivity contribution in [3.63, 3.8) is 0 Å². The van der Waals surface area contributed by atoms with Crippen LogP contribution >= 0.6 is 11.6 Å². The van der Waals surface area contributed by atoms with Gasteiger partial charge in [-0.1, -0.05) is 30.7 Å². The molecule has 10 heteroatoms. The topological polar surface area (TPSA) is 85.4 Å². The number of benzene rings is 3. The maximum atomic E-state index is 13.1. The quantitative estimate of drug-likeness (QED) is 0.382. The Hall–Kier alpha value is -3.27. The molecule has 0 spiro atoms. The molecule has 2 unspecified atom stereocenters. The number of piperidine rings is 2. The highest BCUT2D eigenvalue weighted by Gasteiger charge is 2.34. The van der Waals surface area contributed by atoms with Crippen LogP contribution in [-0.2, 0) is 9.84 Å². The number of nitrogens with zero attached hydrogens (tertiary/aromatic N) is 2. The summed E-state index contributed by atoms with van der Waals surface area (Å²) in [4.78, 5) is 17.7. The lowest BCUT2D eigenvalue weighted by atomic mass is 9.92. The molecule has 3 aromatic rings. The van der Waals surface area contributed by atoms with Crippen LogP contribution in [-0.4, -0.2) is 69.2 Å². The maximum absolute atomic E-state index is 13.1. The Kier molecular flexibility index (Phi) is 7.85. The first-order valence-electron chi connectivity index (χ1n) is 14.0. The summed E-state index contributed by atoms with van der Waals surface area (Å²) in [6, 6.07) is 18.9. The molecule has 0 N–H and O–H groups in total. The van der Waals surface area contributed by atoms with Crippen molar-refractivity contribution in [1.82, 2.24) is 9.80 Å². The van der Waals surface area contributed by atoms with Crippen molar-refractivity contribution < 1.29 is 27.4 Å². The second-order valence-corrected chi connectivity index (χ2v) is 13.3. The van der Waals surface area contributed by atoms with E-state index in [4.69, 9.17) is 25.8 Å². The fraction of sp³-hybridized carbons (Fsp3) is 0.387. The van der Waals surface area contributed by atoms with Crippen LogP contribution < -0.4 is 14.2 Å². The first kappa shape index (κ1) is 27.9. The monoisotopic (exact) mass is 596 g/mol. The van der Waals surface area contributed by atoms with E-state index < -0.39 is 9.84 Å².